The first-order valence-corrected chi connectivity index (χ1v) is 4.98. The highest BCUT2D eigenvalue weighted by Crippen LogP contribution is 2.59. The molecule has 0 aromatic rings. The van der Waals surface area contributed by atoms with Crippen molar-refractivity contribution in [2.24, 2.45) is 17.3 Å². The first kappa shape index (κ1) is 8.79. The average Bonchev–Trinajstić information content (AvgIpc) is 2.60. The SMILES string of the molecule is C=C(C(=O)O)C12CCC(C1)C(C)C2. The Morgan fingerprint density at radius 2 is 2.23 bits per heavy atom. The second-order valence-corrected chi connectivity index (χ2v) is 4.75. The Morgan fingerprint density at radius 3 is 2.62 bits per heavy atom. The van der Waals surface area contributed by atoms with E-state index in [0.717, 1.165) is 25.2 Å². The highest BCUT2D eigenvalue weighted by atomic mass is 16.4. The van der Waals surface area contributed by atoms with Gasteiger partial charge in [0.05, 0.1) is 0 Å². The molecule has 3 atom stereocenters. The lowest BCUT2D eigenvalue weighted by Gasteiger charge is -2.28. The van der Waals surface area contributed by atoms with E-state index in [-0.39, 0.29) is 5.41 Å². The summed E-state index contributed by atoms with van der Waals surface area (Å²) in [6.07, 6.45) is 4.36. The van der Waals surface area contributed by atoms with Crippen LogP contribution in [0, 0.1) is 17.3 Å². The Kier molecular flexibility index (Phi) is 1.76. The Bertz CT molecular complexity index is 265. The highest BCUT2D eigenvalue weighted by Gasteiger charge is 2.51. The number of carboxylic acid groups (broad SMARTS) is 1. The third-order valence-electron chi connectivity index (χ3n) is 4.06. The molecule has 1 N–H and O–H groups in total. The van der Waals surface area contributed by atoms with Gasteiger partial charge in [-0.1, -0.05) is 13.5 Å². The van der Waals surface area contributed by atoms with Gasteiger partial charge in [-0.15, -0.1) is 0 Å². The smallest absolute Gasteiger partial charge is 0.331 e. The van der Waals surface area contributed by atoms with Crippen molar-refractivity contribution in [3.05, 3.63) is 12.2 Å². The molecule has 72 valence electrons. The van der Waals surface area contributed by atoms with Gasteiger partial charge in [0.15, 0.2) is 0 Å². The quantitative estimate of drug-likeness (QED) is 0.663. The molecule has 2 aliphatic carbocycles. The first-order valence-electron chi connectivity index (χ1n) is 4.98. The van der Waals surface area contributed by atoms with Gasteiger partial charge in [0.2, 0.25) is 0 Å². The van der Waals surface area contributed by atoms with Crippen LogP contribution < -0.4 is 0 Å². The van der Waals surface area contributed by atoms with Gasteiger partial charge in [-0.3, -0.25) is 0 Å². The summed E-state index contributed by atoms with van der Waals surface area (Å²) in [5.74, 6) is 0.663. The van der Waals surface area contributed by atoms with Crippen LogP contribution in [0.5, 0.6) is 0 Å². The molecule has 0 aromatic carbocycles. The van der Waals surface area contributed by atoms with E-state index in [2.05, 4.69) is 13.5 Å². The zero-order chi connectivity index (χ0) is 9.64. The fourth-order valence-electron chi connectivity index (χ4n) is 3.25. The zero-order valence-corrected chi connectivity index (χ0v) is 8.05. The normalized spacial score (nSPS) is 42.2. The van der Waals surface area contributed by atoms with Crippen LogP contribution in [0.25, 0.3) is 0 Å². The van der Waals surface area contributed by atoms with E-state index in [9.17, 15) is 4.79 Å². The summed E-state index contributed by atoms with van der Waals surface area (Å²) in [6, 6.07) is 0. The summed E-state index contributed by atoms with van der Waals surface area (Å²) in [7, 11) is 0. The van der Waals surface area contributed by atoms with Crippen molar-refractivity contribution in [2.45, 2.75) is 32.6 Å². The molecule has 0 amide bonds. The van der Waals surface area contributed by atoms with E-state index in [0.29, 0.717) is 11.5 Å². The molecule has 0 aliphatic heterocycles. The van der Waals surface area contributed by atoms with Crippen LogP contribution in [-0.2, 0) is 4.79 Å². The minimum absolute atomic E-state index is 0.0318. The number of rotatable bonds is 2. The topological polar surface area (TPSA) is 37.3 Å². The standard InChI is InChI=1S/C11H16O2/c1-7-5-11(8(2)10(12)13)4-3-9(7)6-11/h7,9H,2-6H2,1H3,(H,12,13). The summed E-state index contributed by atoms with van der Waals surface area (Å²) in [4.78, 5) is 10.9. The minimum atomic E-state index is -0.797. The molecule has 2 fully saturated rings. The largest absolute Gasteiger partial charge is 0.478 e. The third kappa shape index (κ3) is 1.11. The molecule has 3 unspecified atom stereocenters. The van der Waals surface area contributed by atoms with Crippen LogP contribution in [0.1, 0.15) is 32.6 Å². The minimum Gasteiger partial charge on any atom is -0.478 e. The lowest BCUT2D eigenvalue weighted by Crippen LogP contribution is -2.23. The van der Waals surface area contributed by atoms with Crippen molar-refractivity contribution in [3.63, 3.8) is 0 Å². The summed E-state index contributed by atoms with van der Waals surface area (Å²) in [5.41, 5.74) is 0.426. The molecule has 2 saturated carbocycles. The first-order chi connectivity index (χ1) is 6.05. The zero-order valence-electron chi connectivity index (χ0n) is 8.05. The second-order valence-electron chi connectivity index (χ2n) is 4.75. The van der Waals surface area contributed by atoms with E-state index in [1.165, 1.54) is 6.42 Å². The predicted molar refractivity (Wildman–Crippen MR) is 50.3 cm³/mol. The summed E-state index contributed by atoms with van der Waals surface area (Å²) >= 11 is 0. The van der Waals surface area contributed by atoms with E-state index in [1.807, 2.05) is 0 Å². The molecule has 2 nitrogen and oxygen atoms in total. The molecule has 0 aromatic heterocycles. The van der Waals surface area contributed by atoms with Crippen LogP contribution in [0.15, 0.2) is 12.2 Å². The molecular weight excluding hydrogens is 164 g/mol. The summed E-state index contributed by atoms with van der Waals surface area (Å²) < 4.78 is 0. The van der Waals surface area contributed by atoms with Gasteiger partial charge in [-0.05, 0) is 37.5 Å². The van der Waals surface area contributed by atoms with Gasteiger partial charge in [0.25, 0.3) is 0 Å². The number of fused-ring (bicyclic) bond motifs is 2. The lowest BCUT2D eigenvalue weighted by atomic mass is 9.75. The predicted octanol–water partition coefficient (Wildman–Crippen LogP) is 2.45. The van der Waals surface area contributed by atoms with Crippen molar-refractivity contribution in [2.75, 3.05) is 0 Å². The molecule has 0 radical (unpaired) electrons. The van der Waals surface area contributed by atoms with Crippen molar-refractivity contribution in [1.82, 2.24) is 0 Å². The van der Waals surface area contributed by atoms with Crippen LogP contribution in [0.4, 0.5) is 0 Å². The fraction of sp³-hybridized carbons (Fsp3) is 0.727. The maximum Gasteiger partial charge on any atom is 0.331 e. The van der Waals surface area contributed by atoms with Gasteiger partial charge in [-0.25, -0.2) is 4.79 Å². The number of hydrogen-bond acceptors (Lipinski definition) is 1. The van der Waals surface area contributed by atoms with Crippen molar-refractivity contribution < 1.29 is 9.90 Å². The fourth-order valence-corrected chi connectivity index (χ4v) is 3.25. The van der Waals surface area contributed by atoms with Crippen LogP contribution >= 0.6 is 0 Å². The van der Waals surface area contributed by atoms with Crippen LogP contribution in [0.3, 0.4) is 0 Å². The molecule has 13 heavy (non-hydrogen) atoms. The molecule has 0 heterocycles. The van der Waals surface area contributed by atoms with Gasteiger partial charge < -0.3 is 5.11 Å². The number of carboxylic acids is 1. The highest BCUT2D eigenvalue weighted by molar-refractivity contribution is 5.87. The molecule has 0 saturated heterocycles. The molecule has 2 aliphatic rings. The van der Waals surface area contributed by atoms with E-state index in [4.69, 9.17) is 5.11 Å². The average molecular weight is 180 g/mol. The Labute approximate surface area is 78.6 Å². The van der Waals surface area contributed by atoms with Crippen molar-refractivity contribution in [3.8, 4) is 0 Å². The Morgan fingerprint density at radius 1 is 1.54 bits per heavy atom. The maximum atomic E-state index is 10.9. The van der Waals surface area contributed by atoms with Crippen LogP contribution in [0.2, 0.25) is 0 Å². The van der Waals surface area contributed by atoms with E-state index in [1.54, 1.807) is 0 Å². The van der Waals surface area contributed by atoms with Crippen LogP contribution in [-0.4, -0.2) is 11.1 Å². The summed E-state index contributed by atoms with van der Waals surface area (Å²) in [5, 5.41) is 8.94. The summed E-state index contributed by atoms with van der Waals surface area (Å²) in [6.45, 7) is 5.98. The maximum absolute atomic E-state index is 10.9. The molecule has 2 bridgehead atoms. The lowest BCUT2D eigenvalue weighted by molar-refractivity contribution is -0.134. The Hall–Kier alpha value is -0.790. The molecule has 2 heteroatoms. The third-order valence-corrected chi connectivity index (χ3v) is 4.06. The molecular formula is C11H16O2. The van der Waals surface area contributed by atoms with Gasteiger partial charge >= 0.3 is 5.97 Å². The van der Waals surface area contributed by atoms with E-state index < -0.39 is 5.97 Å². The monoisotopic (exact) mass is 180 g/mol. The van der Waals surface area contributed by atoms with Gasteiger partial charge in [0.1, 0.15) is 0 Å². The van der Waals surface area contributed by atoms with Gasteiger partial charge in [-0.2, -0.15) is 0 Å². The molecule has 2 rings (SSSR count). The van der Waals surface area contributed by atoms with E-state index >= 15 is 0 Å². The van der Waals surface area contributed by atoms with Crippen molar-refractivity contribution in [1.29, 1.82) is 0 Å². The van der Waals surface area contributed by atoms with Crippen molar-refractivity contribution >= 4 is 5.97 Å². The Balaban J connectivity index is 2.23. The number of aliphatic carboxylic acids is 1. The van der Waals surface area contributed by atoms with Gasteiger partial charge in [0, 0.05) is 11.0 Å². The number of carbonyl (C=O) groups is 1. The number of hydrogen-bond donors (Lipinski definition) is 1. The second kappa shape index (κ2) is 2.60. The molecule has 0 spiro atoms.